The van der Waals surface area contributed by atoms with E-state index in [-0.39, 0.29) is 11.9 Å². The highest BCUT2D eigenvalue weighted by atomic mass is 16.6. The van der Waals surface area contributed by atoms with Gasteiger partial charge in [-0.1, -0.05) is 0 Å². The molecule has 0 aromatic heterocycles. The molecule has 0 aromatic rings. The largest absolute Gasteiger partial charge is 0.464 e. The molecule has 0 bridgehead atoms. The van der Waals surface area contributed by atoms with E-state index in [2.05, 4.69) is 0 Å². The van der Waals surface area contributed by atoms with Gasteiger partial charge in [-0.25, -0.2) is 9.59 Å². The standard InChI is InChI=1S/2C8H14O4/c2*1-2-11-8(10)7-5-6(9)3-4-12-7/h2*6-7,9H,2-5H2,1H3/t6-,7+;6-,7-/m00/s1. The van der Waals surface area contributed by atoms with E-state index in [1.165, 1.54) is 0 Å². The van der Waals surface area contributed by atoms with Crippen molar-refractivity contribution in [2.45, 2.75) is 63.9 Å². The fourth-order valence-electron chi connectivity index (χ4n) is 2.36. The first-order chi connectivity index (χ1) is 11.5. The van der Waals surface area contributed by atoms with Crippen molar-refractivity contribution in [1.29, 1.82) is 0 Å². The van der Waals surface area contributed by atoms with Gasteiger partial charge in [0.25, 0.3) is 0 Å². The lowest BCUT2D eigenvalue weighted by Crippen LogP contribution is -2.35. The monoisotopic (exact) mass is 348 g/mol. The minimum atomic E-state index is -0.561. The van der Waals surface area contributed by atoms with Gasteiger partial charge in [0.15, 0.2) is 12.2 Å². The Morgan fingerprint density at radius 3 is 1.54 bits per heavy atom. The number of esters is 2. The minimum Gasteiger partial charge on any atom is -0.464 e. The summed E-state index contributed by atoms with van der Waals surface area (Å²) in [5.74, 6) is -0.729. The lowest BCUT2D eigenvalue weighted by molar-refractivity contribution is -0.164. The van der Waals surface area contributed by atoms with E-state index >= 15 is 0 Å². The third-order valence-electron chi connectivity index (χ3n) is 3.61. The molecule has 0 saturated carbocycles. The third-order valence-corrected chi connectivity index (χ3v) is 3.61. The zero-order valence-corrected chi connectivity index (χ0v) is 14.3. The van der Waals surface area contributed by atoms with Crippen LogP contribution < -0.4 is 0 Å². The number of rotatable bonds is 4. The highest BCUT2D eigenvalue weighted by molar-refractivity contribution is 5.75. The first-order valence-corrected chi connectivity index (χ1v) is 8.40. The quantitative estimate of drug-likeness (QED) is 0.692. The second-order valence-electron chi connectivity index (χ2n) is 5.58. The van der Waals surface area contributed by atoms with Crippen molar-refractivity contribution in [1.82, 2.24) is 0 Å². The van der Waals surface area contributed by atoms with Crippen LogP contribution >= 0.6 is 0 Å². The third kappa shape index (κ3) is 7.57. The highest BCUT2D eigenvalue weighted by Gasteiger charge is 2.28. The number of hydrogen-bond donors (Lipinski definition) is 2. The van der Waals surface area contributed by atoms with Crippen molar-refractivity contribution in [3.8, 4) is 0 Å². The van der Waals surface area contributed by atoms with Crippen molar-refractivity contribution >= 4 is 11.9 Å². The first kappa shape index (κ1) is 20.8. The molecule has 2 rings (SSSR count). The summed E-state index contributed by atoms with van der Waals surface area (Å²) in [6, 6.07) is 0. The second kappa shape index (κ2) is 11.4. The molecule has 8 nitrogen and oxygen atoms in total. The van der Waals surface area contributed by atoms with Gasteiger partial charge in [-0.15, -0.1) is 0 Å². The van der Waals surface area contributed by atoms with Crippen LogP contribution in [0.4, 0.5) is 0 Å². The molecule has 2 aliphatic heterocycles. The molecule has 24 heavy (non-hydrogen) atoms. The number of carbonyl (C=O) groups excluding carboxylic acids is 2. The summed E-state index contributed by atoms with van der Waals surface area (Å²) in [6.07, 6.45) is -0.0348. The lowest BCUT2D eigenvalue weighted by Gasteiger charge is -2.24. The zero-order valence-electron chi connectivity index (χ0n) is 14.3. The average Bonchev–Trinajstić information content (AvgIpc) is 2.56. The summed E-state index contributed by atoms with van der Waals surface area (Å²) in [5, 5.41) is 18.4. The Morgan fingerprint density at radius 1 is 0.875 bits per heavy atom. The molecule has 2 fully saturated rings. The molecule has 0 amide bonds. The molecule has 140 valence electrons. The second-order valence-corrected chi connectivity index (χ2v) is 5.58. The van der Waals surface area contributed by atoms with Crippen molar-refractivity contribution in [2.75, 3.05) is 26.4 Å². The van der Waals surface area contributed by atoms with Gasteiger partial charge in [0, 0.05) is 12.8 Å². The minimum absolute atomic E-state index is 0.356. The van der Waals surface area contributed by atoms with Gasteiger partial charge in [-0.05, 0) is 26.7 Å². The number of aliphatic hydroxyl groups excluding tert-OH is 2. The van der Waals surface area contributed by atoms with E-state index in [9.17, 15) is 19.8 Å². The zero-order chi connectivity index (χ0) is 17.9. The van der Waals surface area contributed by atoms with Gasteiger partial charge >= 0.3 is 11.9 Å². The van der Waals surface area contributed by atoms with Crippen molar-refractivity contribution in [3.63, 3.8) is 0 Å². The van der Waals surface area contributed by atoms with Crippen LogP contribution in [0.3, 0.4) is 0 Å². The maximum Gasteiger partial charge on any atom is 0.335 e. The molecular formula is C16H28O8. The highest BCUT2D eigenvalue weighted by Crippen LogP contribution is 2.15. The Bertz CT molecular complexity index is 350. The van der Waals surface area contributed by atoms with Gasteiger partial charge in [0.2, 0.25) is 0 Å². The van der Waals surface area contributed by atoms with Crippen LogP contribution in [0.15, 0.2) is 0 Å². The molecule has 8 heteroatoms. The van der Waals surface area contributed by atoms with Crippen LogP contribution in [0.5, 0.6) is 0 Å². The summed E-state index contributed by atoms with van der Waals surface area (Å²) >= 11 is 0. The van der Waals surface area contributed by atoms with E-state index in [1.54, 1.807) is 13.8 Å². The van der Waals surface area contributed by atoms with Gasteiger partial charge in [-0.2, -0.15) is 0 Å². The van der Waals surface area contributed by atoms with E-state index in [4.69, 9.17) is 18.9 Å². The van der Waals surface area contributed by atoms with Gasteiger partial charge in [0.1, 0.15) is 0 Å². The molecule has 2 heterocycles. The number of carbonyl (C=O) groups is 2. The van der Waals surface area contributed by atoms with Gasteiger partial charge in [-0.3, -0.25) is 0 Å². The van der Waals surface area contributed by atoms with Crippen LogP contribution in [-0.2, 0) is 28.5 Å². The molecule has 2 saturated heterocycles. The fraction of sp³-hybridized carbons (Fsp3) is 0.875. The predicted octanol–water partition coefficient (Wildman–Crippen LogP) is 0.179. The number of ether oxygens (including phenoxy) is 4. The average molecular weight is 348 g/mol. The molecule has 0 unspecified atom stereocenters. The molecule has 0 radical (unpaired) electrons. The van der Waals surface area contributed by atoms with Crippen LogP contribution in [0.1, 0.15) is 39.5 Å². The normalized spacial score (nSPS) is 29.8. The van der Waals surface area contributed by atoms with Crippen molar-refractivity contribution in [3.05, 3.63) is 0 Å². The van der Waals surface area contributed by atoms with E-state index in [0.717, 1.165) is 0 Å². The Balaban J connectivity index is 0.000000240. The van der Waals surface area contributed by atoms with Crippen molar-refractivity contribution in [2.24, 2.45) is 0 Å². The Kier molecular flexibility index (Phi) is 9.85. The number of hydrogen-bond acceptors (Lipinski definition) is 8. The van der Waals surface area contributed by atoms with E-state index in [1.807, 2.05) is 0 Å². The summed E-state index contributed by atoms with van der Waals surface area (Å²) in [6.45, 7) is 5.08. The van der Waals surface area contributed by atoms with Crippen molar-refractivity contribution < 1.29 is 38.7 Å². The lowest BCUT2D eigenvalue weighted by atomic mass is 10.1. The Morgan fingerprint density at radius 2 is 1.25 bits per heavy atom. The van der Waals surface area contributed by atoms with E-state index in [0.29, 0.717) is 52.1 Å². The molecular weight excluding hydrogens is 320 g/mol. The first-order valence-electron chi connectivity index (χ1n) is 8.40. The predicted molar refractivity (Wildman–Crippen MR) is 83.2 cm³/mol. The fourth-order valence-corrected chi connectivity index (χ4v) is 2.36. The van der Waals surface area contributed by atoms with Crippen LogP contribution in [-0.4, -0.2) is 73.0 Å². The smallest absolute Gasteiger partial charge is 0.335 e. The number of aliphatic hydroxyl groups is 2. The molecule has 2 aliphatic rings. The Hall–Kier alpha value is -1.22. The maximum atomic E-state index is 11.1. The maximum absolute atomic E-state index is 11.1. The molecule has 0 aliphatic carbocycles. The SMILES string of the molecule is CCOC(=O)[C@@H]1C[C@@H](O)CCO1.CCOC(=O)[C@H]1C[C@@H](O)CCO1. The molecule has 0 aromatic carbocycles. The molecule has 0 spiro atoms. The van der Waals surface area contributed by atoms with Crippen LogP contribution in [0.2, 0.25) is 0 Å². The topological polar surface area (TPSA) is 112 Å². The summed E-state index contributed by atoms with van der Waals surface area (Å²) in [7, 11) is 0. The van der Waals surface area contributed by atoms with Crippen LogP contribution in [0.25, 0.3) is 0 Å². The molecule has 4 atom stereocenters. The summed E-state index contributed by atoms with van der Waals surface area (Å²) < 4.78 is 19.8. The Labute approximate surface area is 142 Å². The van der Waals surface area contributed by atoms with Gasteiger partial charge < -0.3 is 29.2 Å². The van der Waals surface area contributed by atoms with Crippen LogP contribution in [0, 0.1) is 0 Å². The summed E-state index contributed by atoms with van der Waals surface area (Å²) in [5.41, 5.74) is 0. The van der Waals surface area contributed by atoms with E-state index < -0.39 is 24.4 Å². The van der Waals surface area contributed by atoms with Gasteiger partial charge in [0.05, 0.1) is 38.6 Å². The molecule has 2 N–H and O–H groups in total. The summed E-state index contributed by atoms with van der Waals surface area (Å²) in [4.78, 5) is 22.2.